The zero-order valence-corrected chi connectivity index (χ0v) is 9.41. The number of likely N-dealkylation sites (tertiary alicyclic amines) is 1. The van der Waals surface area contributed by atoms with Crippen LogP contribution in [0.4, 0.5) is 10.1 Å². The van der Waals surface area contributed by atoms with Gasteiger partial charge in [-0.25, -0.2) is 4.39 Å². The predicted molar refractivity (Wildman–Crippen MR) is 61.3 cm³/mol. The van der Waals surface area contributed by atoms with E-state index in [1.165, 1.54) is 6.07 Å². The molecule has 16 heavy (non-hydrogen) atoms. The van der Waals surface area contributed by atoms with Crippen molar-refractivity contribution in [1.82, 2.24) is 4.90 Å². The summed E-state index contributed by atoms with van der Waals surface area (Å²) in [6, 6.07) is 4.74. The van der Waals surface area contributed by atoms with Crippen molar-refractivity contribution < 1.29 is 9.50 Å². The number of benzene rings is 1. The monoisotopic (exact) mass is 224 g/mol. The highest BCUT2D eigenvalue weighted by atomic mass is 19.1. The molecule has 0 bridgehead atoms. The number of aliphatic hydroxyl groups is 1. The van der Waals surface area contributed by atoms with Gasteiger partial charge in [-0.15, -0.1) is 0 Å². The third-order valence-electron chi connectivity index (χ3n) is 3.00. The Bertz CT molecular complexity index is 393. The van der Waals surface area contributed by atoms with Gasteiger partial charge in [0.25, 0.3) is 0 Å². The van der Waals surface area contributed by atoms with E-state index >= 15 is 0 Å². The smallest absolute Gasteiger partial charge is 0.129 e. The topological polar surface area (TPSA) is 49.5 Å². The Morgan fingerprint density at radius 3 is 2.88 bits per heavy atom. The summed E-state index contributed by atoms with van der Waals surface area (Å²) in [7, 11) is 0. The molecule has 0 saturated carbocycles. The van der Waals surface area contributed by atoms with E-state index in [1.54, 1.807) is 12.1 Å². The van der Waals surface area contributed by atoms with Crippen molar-refractivity contribution in [3.63, 3.8) is 0 Å². The summed E-state index contributed by atoms with van der Waals surface area (Å²) in [5, 5.41) is 9.80. The van der Waals surface area contributed by atoms with Gasteiger partial charge in [0.1, 0.15) is 5.82 Å². The van der Waals surface area contributed by atoms with Crippen molar-refractivity contribution >= 4 is 5.69 Å². The van der Waals surface area contributed by atoms with Gasteiger partial charge in [-0.2, -0.15) is 0 Å². The van der Waals surface area contributed by atoms with Crippen LogP contribution in [0.3, 0.4) is 0 Å². The summed E-state index contributed by atoms with van der Waals surface area (Å²) in [6.07, 6.45) is 0.740. The van der Waals surface area contributed by atoms with Crippen molar-refractivity contribution in [3.8, 4) is 0 Å². The van der Waals surface area contributed by atoms with E-state index in [-0.39, 0.29) is 5.82 Å². The first kappa shape index (κ1) is 11.4. The number of nitrogens with two attached hydrogens (primary N) is 1. The minimum absolute atomic E-state index is 0.272. The number of nitrogen functional groups attached to an aromatic ring is 1. The molecular formula is C12H17FN2O. The lowest BCUT2D eigenvalue weighted by molar-refractivity contribution is 0.0677. The summed E-state index contributed by atoms with van der Waals surface area (Å²) in [5.74, 6) is -0.272. The number of rotatable bonds is 2. The fraction of sp³-hybridized carbons (Fsp3) is 0.500. The van der Waals surface area contributed by atoms with Gasteiger partial charge in [0.2, 0.25) is 0 Å². The fourth-order valence-electron chi connectivity index (χ4n) is 2.11. The number of nitrogens with zero attached hydrogens (tertiary/aromatic N) is 1. The molecule has 4 heteroatoms. The first-order chi connectivity index (χ1) is 7.46. The van der Waals surface area contributed by atoms with Crippen LogP contribution in [0.2, 0.25) is 0 Å². The van der Waals surface area contributed by atoms with Gasteiger partial charge in [0.15, 0.2) is 0 Å². The van der Waals surface area contributed by atoms with Crippen molar-refractivity contribution in [2.45, 2.75) is 25.5 Å². The number of hydrogen-bond donors (Lipinski definition) is 2. The molecule has 1 fully saturated rings. The predicted octanol–water partition coefficient (Wildman–Crippen LogP) is 1.36. The molecule has 1 unspecified atom stereocenters. The molecule has 88 valence electrons. The fourth-order valence-corrected chi connectivity index (χ4v) is 2.11. The zero-order valence-electron chi connectivity index (χ0n) is 9.41. The first-order valence-corrected chi connectivity index (χ1v) is 5.45. The third-order valence-corrected chi connectivity index (χ3v) is 3.00. The molecule has 1 atom stereocenters. The molecule has 0 spiro atoms. The Hall–Kier alpha value is -1.13. The van der Waals surface area contributed by atoms with E-state index in [1.807, 2.05) is 6.92 Å². The maximum Gasteiger partial charge on any atom is 0.129 e. The molecule has 1 saturated heterocycles. The van der Waals surface area contributed by atoms with Gasteiger partial charge in [-0.05, 0) is 25.5 Å². The summed E-state index contributed by atoms with van der Waals surface area (Å²) in [6.45, 7) is 3.74. The van der Waals surface area contributed by atoms with Crippen molar-refractivity contribution in [2.75, 3.05) is 18.8 Å². The molecule has 1 aromatic rings. The Kier molecular flexibility index (Phi) is 2.86. The molecule has 0 amide bonds. The highest BCUT2D eigenvalue weighted by Crippen LogP contribution is 2.23. The van der Waals surface area contributed by atoms with Gasteiger partial charge in [0.05, 0.1) is 5.60 Å². The van der Waals surface area contributed by atoms with Crippen LogP contribution in [0.25, 0.3) is 0 Å². The van der Waals surface area contributed by atoms with E-state index in [9.17, 15) is 9.50 Å². The van der Waals surface area contributed by atoms with Crippen LogP contribution in [0.15, 0.2) is 18.2 Å². The third kappa shape index (κ3) is 2.51. The van der Waals surface area contributed by atoms with E-state index in [2.05, 4.69) is 4.90 Å². The highest BCUT2D eigenvalue weighted by Gasteiger charge is 2.31. The van der Waals surface area contributed by atoms with Crippen LogP contribution >= 0.6 is 0 Å². The van der Waals surface area contributed by atoms with E-state index < -0.39 is 5.60 Å². The second-order valence-electron chi connectivity index (χ2n) is 4.81. The van der Waals surface area contributed by atoms with Gasteiger partial charge in [-0.3, -0.25) is 4.90 Å². The minimum Gasteiger partial charge on any atom is -0.399 e. The second-order valence-corrected chi connectivity index (χ2v) is 4.81. The van der Waals surface area contributed by atoms with Crippen LogP contribution in [-0.4, -0.2) is 28.7 Å². The average molecular weight is 224 g/mol. The molecule has 2 rings (SSSR count). The molecule has 3 N–H and O–H groups in total. The molecule has 1 aliphatic heterocycles. The van der Waals surface area contributed by atoms with Crippen molar-refractivity contribution in [3.05, 3.63) is 29.6 Å². The number of hydrogen-bond acceptors (Lipinski definition) is 3. The molecule has 0 aliphatic carbocycles. The average Bonchev–Trinajstić information content (AvgIpc) is 2.51. The van der Waals surface area contributed by atoms with Gasteiger partial charge < -0.3 is 10.8 Å². The highest BCUT2D eigenvalue weighted by molar-refractivity contribution is 5.40. The normalized spacial score (nSPS) is 26.2. The number of anilines is 1. The summed E-state index contributed by atoms with van der Waals surface area (Å²) >= 11 is 0. The van der Waals surface area contributed by atoms with Gasteiger partial charge in [-0.1, -0.05) is 6.07 Å². The molecule has 1 heterocycles. The molecule has 0 radical (unpaired) electrons. The first-order valence-electron chi connectivity index (χ1n) is 5.45. The SMILES string of the molecule is CC1(O)CCN(Cc2ccc(N)cc2F)C1. The van der Waals surface area contributed by atoms with E-state index in [0.29, 0.717) is 24.3 Å². The van der Waals surface area contributed by atoms with Crippen LogP contribution < -0.4 is 5.73 Å². The number of β-amino-alcohol motifs (C(OH)–C–C–N with tert-alkyl or cyclic N) is 1. The lowest BCUT2D eigenvalue weighted by Crippen LogP contribution is -2.29. The Morgan fingerprint density at radius 2 is 2.31 bits per heavy atom. The zero-order chi connectivity index (χ0) is 11.8. The Balaban J connectivity index is 2.05. The number of halogens is 1. The summed E-state index contributed by atoms with van der Waals surface area (Å²) in [5.41, 5.74) is 5.92. The van der Waals surface area contributed by atoms with Gasteiger partial charge >= 0.3 is 0 Å². The Morgan fingerprint density at radius 1 is 1.56 bits per heavy atom. The van der Waals surface area contributed by atoms with E-state index in [0.717, 1.165) is 13.0 Å². The van der Waals surface area contributed by atoms with Gasteiger partial charge in [0, 0.05) is 30.9 Å². The van der Waals surface area contributed by atoms with Crippen LogP contribution in [0.5, 0.6) is 0 Å². The quantitative estimate of drug-likeness (QED) is 0.746. The molecule has 3 nitrogen and oxygen atoms in total. The van der Waals surface area contributed by atoms with Crippen LogP contribution in [0.1, 0.15) is 18.9 Å². The summed E-state index contributed by atoms with van der Waals surface area (Å²) < 4.78 is 13.5. The Labute approximate surface area is 94.7 Å². The standard InChI is InChI=1S/C12H17FN2O/c1-12(16)4-5-15(8-12)7-9-2-3-10(14)6-11(9)13/h2-3,6,16H,4-5,7-8,14H2,1H3. The van der Waals surface area contributed by atoms with Crippen molar-refractivity contribution in [2.24, 2.45) is 0 Å². The van der Waals surface area contributed by atoms with Crippen LogP contribution in [0, 0.1) is 5.82 Å². The maximum absolute atomic E-state index is 13.5. The van der Waals surface area contributed by atoms with E-state index in [4.69, 9.17) is 5.73 Å². The second kappa shape index (κ2) is 4.03. The molecule has 1 aromatic carbocycles. The lowest BCUT2D eigenvalue weighted by atomic mass is 10.1. The molecule has 1 aliphatic rings. The molecular weight excluding hydrogens is 207 g/mol. The summed E-state index contributed by atoms with van der Waals surface area (Å²) in [4.78, 5) is 2.05. The van der Waals surface area contributed by atoms with Crippen molar-refractivity contribution in [1.29, 1.82) is 0 Å². The molecule has 0 aromatic heterocycles. The minimum atomic E-state index is -0.635. The largest absolute Gasteiger partial charge is 0.399 e. The van der Waals surface area contributed by atoms with Crippen LogP contribution in [-0.2, 0) is 6.54 Å². The maximum atomic E-state index is 13.5. The lowest BCUT2D eigenvalue weighted by Gasteiger charge is -2.19.